The van der Waals surface area contributed by atoms with Crippen LogP contribution in [0.4, 0.5) is 5.69 Å². The van der Waals surface area contributed by atoms with Crippen molar-refractivity contribution in [2.75, 3.05) is 18.0 Å². The van der Waals surface area contributed by atoms with E-state index in [0.29, 0.717) is 11.8 Å². The first-order valence-electron chi connectivity index (χ1n) is 9.12. The number of hydrogen-bond donors (Lipinski definition) is 2. The predicted octanol–water partition coefficient (Wildman–Crippen LogP) is 2.22. The molecule has 2 aliphatic carbocycles. The van der Waals surface area contributed by atoms with Gasteiger partial charge < -0.3 is 16.4 Å². The molecule has 4 N–H and O–H groups in total. The van der Waals surface area contributed by atoms with E-state index in [4.69, 9.17) is 11.5 Å². The van der Waals surface area contributed by atoms with Gasteiger partial charge in [-0.25, -0.2) is 0 Å². The van der Waals surface area contributed by atoms with Crippen molar-refractivity contribution in [3.8, 4) is 0 Å². The molecule has 4 rings (SSSR count). The van der Waals surface area contributed by atoms with Crippen molar-refractivity contribution in [3.63, 3.8) is 0 Å². The van der Waals surface area contributed by atoms with Crippen molar-refractivity contribution in [1.82, 2.24) is 0 Å². The summed E-state index contributed by atoms with van der Waals surface area (Å²) in [6.07, 6.45) is 6.02. The molecule has 5 nitrogen and oxygen atoms in total. The van der Waals surface area contributed by atoms with Crippen LogP contribution in [0.2, 0.25) is 0 Å². The zero-order valence-corrected chi connectivity index (χ0v) is 14.0. The summed E-state index contributed by atoms with van der Waals surface area (Å²) in [5.41, 5.74) is 13.5. The van der Waals surface area contributed by atoms with E-state index in [-0.39, 0.29) is 23.7 Å². The molecular formula is C19H26N4O. The van der Waals surface area contributed by atoms with E-state index in [9.17, 15) is 4.79 Å². The summed E-state index contributed by atoms with van der Waals surface area (Å²) in [6, 6.07) is 8.80. The normalized spacial score (nSPS) is 31.4. The second-order valence-electron chi connectivity index (χ2n) is 7.55. The molecule has 2 unspecified atom stereocenters. The summed E-state index contributed by atoms with van der Waals surface area (Å²) in [5.74, 6) is 0.991. The highest BCUT2D eigenvalue weighted by Gasteiger charge is 2.51. The van der Waals surface area contributed by atoms with Crippen LogP contribution in [-0.4, -0.2) is 25.0 Å². The number of amides is 1. The summed E-state index contributed by atoms with van der Waals surface area (Å²) in [7, 11) is 0. The first kappa shape index (κ1) is 15.5. The minimum Gasteiger partial charge on any atom is -0.372 e. The topological polar surface area (TPSA) is 84.7 Å². The van der Waals surface area contributed by atoms with Crippen molar-refractivity contribution in [3.05, 3.63) is 29.8 Å². The maximum absolute atomic E-state index is 12.6. The Bertz CT molecular complexity index is 661. The van der Waals surface area contributed by atoms with E-state index >= 15 is 0 Å². The van der Waals surface area contributed by atoms with Crippen LogP contribution in [0.15, 0.2) is 29.3 Å². The van der Waals surface area contributed by atoms with Crippen molar-refractivity contribution in [2.24, 2.45) is 34.2 Å². The van der Waals surface area contributed by atoms with Gasteiger partial charge in [-0.05, 0) is 67.6 Å². The molecule has 0 aromatic heterocycles. The SMILES string of the molecule is NC(N)=NC(=O)[C@@H]1C2CCC(C2)[C@H]1c1cccc(N2CCCC2)c1. The van der Waals surface area contributed by atoms with E-state index in [0.717, 1.165) is 25.9 Å². The number of benzene rings is 1. The first-order chi connectivity index (χ1) is 11.6. The first-order valence-corrected chi connectivity index (χ1v) is 9.12. The molecule has 5 heteroatoms. The van der Waals surface area contributed by atoms with Gasteiger partial charge in [0, 0.05) is 18.8 Å². The molecule has 2 bridgehead atoms. The highest BCUT2D eigenvalue weighted by Crippen LogP contribution is 2.57. The van der Waals surface area contributed by atoms with Crippen LogP contribution in [0.25, 0.3) is 0 Å². The fourth-order valence-electron chi connectivity index (χ4n) is 5.23. The van der Waals surface area contributed by atoms with Crippen LogP contribution in [-0.2, 0) is 4.79 Å². The minimum absolute atomic E-state index is 0.0559. The molecule has 3 aliphatic rings. The summed E-state index contributed by atoms with van der Waals surface area (Å²) in [5, 5.41) is 0. The maximum Gasteiger partial charge on any atom is 0.252 e. The van der Waals surface area contributed by atoms with Crippen molar-refractivity contribution >= 4 is 17.6 Å². The van der Waals surface area contributed by atoms with Gasteiger partial charge in [-0.2, -0.15) is 4.99 Å². The van der Waals surface area contributed by atoms with Crippen LogP contribution in [0.5, 0.6) is 0 Å². The van der Waals surface area contributed by atoms with Crippen molar-refractivity contribution in [2.45, 2.75) is 38.0 Å². The molecule has 1 aromatic rings. The number of carbonyl (C=O) groups is 1. The summed E-state index contributed by atoms with van der Waals surface area (Å²) in [4.78, 5) is 18.9. The van der Waals surface area contributed by atoms with Crippen LogP contribution in [0.1, 0.15) is 43.6 Å². The third-order valence-corrected chi connectivity index (χ3v) is 6.17. The lowest BCUT2D eigenvalue weighted by molar-refractivity contribution is -0.123. The Kier molecular flexibility index (Phi) is 3.94. The van der Waals surface area contributed by atoms with Crippen molar-refractivity contribution in [1.29, 1.82) is 0 Å². The molecule has 24 heavy (non-hydrogen) atoms. The number of anilines is 1. The van der Waals surface area contributed by atoms with Crippen LogP contribution in [0.3, 0.4) is 0 Å². The van der Waals surface area contributed by atoms with Gasteiger partial charge in [0.05, 0.1) is 5.92 Å². The van der Waals surface area contributed by atoms with E-state index in [1.54, 1.807) is 0 Å². The minimum atomic E-state index is -0.126. The van der Waals surface area contributed by atoms with Gasteiger partial charge in [0.1, 0.15) is 0 Å². The number of hydrogen-bond acceptors (Lipinski definition) is 2. The highest BCUT2D eigenvalue weighted by atomic mass is 16.1. The van der Waals surface area contributed by atoms with E-state index in [2.05, 4.69) is 34.2 Å². The van der Waals surface area contributed by atoms with Gasteiger partial charge in [0.2, 0.25) is 0 Å². The lowest BCUT2D eigenvalue weighted by Crippen LogP contribution is -2.31. The van der Waals surface area contributed by atoms with Gasteiger partial charge in [-0.3, -0.25) is 4.79 Å². The maximum atomic E-state index is 12.6. The Morgan fingerprint density at radius 1 is 1.12 bits per heavy atom. The van der Waals surface area contributed by atoms with Crippen molar-refractivity contribution < 1.29 is 4.79 Å². The second-order valence-corrected chi connectivity index (χ2v) is 7.55. The Balaban J connectivity index is 1.65. The van der Waals surface area contributed by atoms with Crippen LogP contribution < -0.4 is 16.4 Å². The lowest BCUT2D eigenvalue weighted by atomic mass is 9.75. The molecule has 3 fully saturated rings. The Labute approximate surface area is 143 Å². The summed E-state index contributed by atoms with van der Waals surface area (Å²) in [6.45, 7) is 2.27. The second kappa shape index (κ2) is 6.11. The number of guanidine groups is 1. The smallest absolute Gasteiger partial charge is 0.252 e. The number of nitrogens with two attached hydrogens (primary N) is 2. The number of carbonyl (C=O) groups excluding carboxylic acids is 1. The van der Waals surface area contributed by atoms with Gasteiger partial charge in [-0.15, -0.1) is 0 Å². The largest absolute Gasteiger partial charge is 0.372 e. The predicted molar refractivity (Wildman–Crippen MR) is 95.8 cm³/mol. The fourth-order valence-corrected chi connectivity index (χ4v) is 5.23. The summed E-state index contributed by atoms with van der Waals surface area (Å²) >= 11 is 0. The quantitative estimate of drug-likeness (QED) is 0.659. The molecule has 1 amide bonds. The van der Waals surface area contributed by atoms with Gasteiger partial charge >= 0.3 is 0 Å². The van der Waals surface area contributed by atoms with Gasteiger partial charge in [0.25, 0.3) is 5.91 Å². The third-order valence-electron chi connectivity index (χ3n) is 6.17. The third kappa shape index (κ3) is 2.66. The number of nitrogens with zero attached hydrogens (tertiary/aromatic N) is 2. The molecule has 1 aromatic carbocycles. The highest BCUT2D eigenvalue weighted by molar-refractivity contribution is 5.93. The van der Waals surface area contributed by atoms with Crippen LogP contribution >= 0.6 is 0 Å². The Morgan fingerprint density at radius 3 is 2.62 bits per heavy atom. The molecule has 1 aliphatic heterocycles. The zero-order chi connectivity index (χ0) is 16.7. The standard InChI is InChI=1S/C19H26N4O/c20-19(21)22-18(24)17-14-7-6-13(10-14)16(17)12-4-3-5-15(11-12)23-8-1-2-9-23/h3-5,11,13-14,16-17H,1-2,6-10H2,(H4,20,21,22,24)/t13?,14?,16-,17-/m1/s1. The molecule has 4 atom stereocenters. The Morgan fingerprint density at radius 2 is 1.88 bits per heavy atom. The molecule has 0 spiro atoms. The monoisotopic (exact) mass is 326 g/mol. The molecule has 0 radical (unpaired) electrons. The Hall–Kier alpha value is -2.04. The van der Waals surface area contributed by atoms with Crippen LogP contribution in [0, 0.1) is 17.8 Å². The van der Waals surface area contributed by atoms with E-state index in [1.807, 2.05) is 0 Å². The zero-order valence-electron chi connectivity index (χ0n) is 14.0. The molecular weight excluding hydrogens is 300 g/mol. The van der Waals surface area contributed by atoms with Gasteiger partial charge in [-0.1, -0.05) is 12.1 Å². The molecule has 128 valence electrons. The molecule has 2 saturated carbocycles. The molecule has 1 saturated heterocycles. The average molecular weight is 326 g/mol. The van der Waals surface area contributed by atoms with E-state index < -0.39 is 0 Å². The lowest BCUT2D eigenvalue weighted by Gasteiger charge is -2.30. The number of fused-ring (bicyclic) bond motifs is 2. The average Bonchev–Trinajstić information content (AvgIpc) is 3.30. The molecule has 1 heterocycles. The summed E-state index contributed by atoms with van der Waals surface area (Å²) < 4.78 is 0. The van der Waals surface area contributed by atoms with Gasteiger partial charge in [0.15, 0.2) is 5.96 Å². The fraction of sp³-hybridized carbons (Fsp3) is 0.579. The number of rotatable bonds is 3. The number of aliphatic imine (C=N–C) groups is 1. The van der Waals surface area contributed by atoms with E-state index in [1.165, 1.54) is 30.5 Å².